The zero-order valence-corrected chi connectivity index (χ0v) is 13.1. The minimum absolute atomic E-state index is 0.206. The third-order valence-corrected chi connectivity index (χ3v) is 4.46. The standard InChI is InChI=1S/C13H17F3N4O2S/c14-13(15,16)7-22-12(21)17-5-6-23-11-19-18-10(8-1-2-8)20(11)9-3-4-9/h8-9H,1-7H2,(H,17,21). The fourth-order valence-corrected chi connectivity index (χ4v) is 3.04. The first-order chi connectivity index (χ1) is 10.9. The first kappa shape index (κ1) is 16.4. The highest BCUT2D eigenvalue weighted by atomic mass is 32.2. The van der Waals surface area contributed by atoms with Crippen LogP contribution in [0.4, 0.5) is 18.0 Å². The summed E-state index contributed by atoms with van der Waals surface area (Å²) in [7, 11) is 0. The number of alkyl carbamates (subject to hydrolysis) is 1. The number of aromatic nitrogens is 3. The van der Waals surface area contributed by atoms with Crippen molar-refractivity contribution in [3.63, 3.8) is 0 Å². The predicted molar refractivity (Wildman–Crippen MR) is 76.4 cm³/mol. The molecule has 0 aliphatic heterocycles. The molecular formula is C13H17F3N4O2S. The van der Waals surface area contributed by atoms with Crippen molar-refractivity contribution < 1.29 is 22.7 Å². The van der Waals surface area contributed by atoms with Gasteiger partial charge in [-0.2, -0.15) is 13.2 Å². The lowest BCUT2D eigenvalue weighted by Gasteiger charge is -2.10. The molecule has 1 aromatic rings. The molecule has 2 aliphatic carbocycles. The van der Waals surface area contributed by atoms with Gasteiger partial charge < -0.3 is 14.6 Å². The first-order valence-corrected chi connectivity index (χ1v) is 8.47. The van der Waals surface area contributed by atoms with E-state index in [2.05, 4.69) is 24.8 Å². The highest BCUT2D eigenvalue weighted by Gasteiger charge is 2.36. The molecule has 2 aliphatic rings. The van der Waals surface area contributed by atoms with Crippen LogP contribution in [0.3, 0.4) is 0 Å². The molecule has 23 heavy (non-hydrogen) atoms. The maximum Gasteiger partial charge on any atom is 0.422 e. The molecule has 0 atom stereocenters. The second-order valence-electron chi connectivity index (χ2n) is 5.68. The van der Waals surface area contributed by atoms with Gasteiger partial charge in [0.05, 0.1) is 0 Å². The van der Waals surface area contributed by atoms with Crippen LogP contribution >= 0.6 is 11.8 Å². The molecule has 3 rings (SSSR count). The molecule has 128 valence electrons. The summed E-state index contributed by atoms with van der Waals surface area (Å²) < 4.78 is 41.9. The van der Waals surface area contributed by atoms with Crippen LogP contribution in [-0.4, -0.2) is 45.9 Å². The molecule has 1 amide bonds. The smallest absolute Gasteiger partial charge is 0.422 e. The molecule has 1 aromatic heterocycles. The zero-order valence-electron chi connectivity index (χ0n) is 12.3. The predicted octanol–water partition coefficient (Wildman–Crippen LogP) is 2.87. The van der Waals surface area contributed by atoms with Crippen molar-refractivity contribution in [3.05, 3.63) is 5.82 Å². The number of alkyl halides is 3. The summed E-state index contributed by atoms with van der Waals surface area (Å²) in [6, 6.07) is 0.479. The lowest BCUT2D eigenvalue weighted by atomic mass is 10.4. The Labute approximate surface area is 135 Å². The Bertz CT molecular complexity index is 570. The lowest BCUT2D eigenvalue weighted by molar-refractivity contribution is -0.160. The van der Waals surface area contributed by atoms with Crippen LogP contribution in [0.25, 0.3) is 0 Å². The maximum absolute atomic E-state index is 11.9. The van der Waals surface area contributed by atoms with Gasteiger partial charge >= 0.3 is 12.3 Å². The van der Waals surface area contributed by atoms with Gasteiger partial charge in [-0.1, -0.05) is 11.8 Å². The third kappa shape index (κ3) is 4.76. The fraction of sp³-hybridized carbons (Fsp3) is 0.769. The number of carbonyl (C=O) groups excluding carboxylic acids is 1. The second kappa shape index (κ2) is 6.58. The average Bonchev–Trinajstić information content (AvgIpc) is 3.39. The average molecular weight is 350 g/mol. The SMILES string of the molecule is O=C(NCCSc1nnc(C2CC2)n1C1CC1)OCC(F)(F)F. The van der Waals surface area contributed by atoms with Crippen molar-refractivity contribution >= 4 is 17.9 Å². The molecular weight excluding hydrogens is 333 g/mol. The number of carbonyl (C=O) groups is 1. The number of rotatable bonds is 7. The minimum Gasteiger partial charge on any atom is -0.440 e. The number of amides is 1. The van der Waals surface area contributed by atoms with E-state index in [1.54, 1.807) is 0 Å². The minimum atomic E-state index is -4.51. The summed E-state index contributed by atoms with van der Waals surface area (Å²) in [5, 5.41) is 11.6. The molecule has 0 aromatic carbocycles. The Hall–Kier alpha value is -1.45. The van der Waals surface area contributed by atoms with Crippen molar-refractivity contribution in [2.24, 2.45) is 0 Å². The van der Waals surface area contributed by atoms with E-state index in [0.717, 1.165) is 36.7 Å². The van der Waals surface area contributed by atoms with Gasteiger partial charge in [-0.3, -0.25) is 0 Å². The highest BCUT2D eigenvalue weighted by Crippen LogP contribution is 2.45. The Balaban J connectivity index is 1.42. The number of ether oxygens (including phenoxy) is 1. The summed E-state index contributed by atoms with van der Waals surface area (Å²) in [6.07, 6.45) is -0.998. The van der Waals surface area contributed by atoms with Gasteiger partial charge in [-0.15, -0.1) is 10.2 Å². The van der Waals surface area contributed by atoms with Crippen molar-refractivity contribution in [1.29, 1.82) is 0 Å². The highest BCUT2D eigenvalue weighted by molar-refractivity contribution is 7.99. The van der Waals surface area contributed by atoms with E-state index in [-0.39, 0.29) is 6.54 Å². The summed E-state index contributed by atoms with van der Waals surface area (Å²) in [5.41, 5.74) is 0. The maximum atomic E-state index is 11.9. The lowest BCUT2D eigenvalue weighted by Crippen LogP contribution is -2.30. The molecule has 1 N–H and O–H groups in total. The molecule has 2 saturated carbocycles. The topological polar surface area (TPSA) is 69.0 Å². The summed E-state index contributed by atoms with van der Waals surface area (Å²) >= 11 is 1.44. The van der Waals surface area contributed by atoms with Gasteiger partial charge in [0.2, 0.25) is 0 Å². The summed E-state index contributed by atoms with van der Waals surface area (Å²) in [5.74, 6) is 2.07. The number of hydrogen-bond acceptors (Lipinski definition) is 5. The van der Waals surface area contributed by atoms with Crippen LogP contribution < -0.4 is 5.32 Å². The molecule has 0 bridgehead atoms. The quantitative estimate of drug-likeness (QED) is 0.605. The largest absolute Gasteiger partial charge is 0.440 e. The molecule has 0 radical (unpaired) electrons. The Kier molecular flexibility index (Phi) is 4.69. The monoisotopic (exact) mass is 350 g/mol. The van der Waals surface area contributed by atoms with Crippen molar-refractivity contribution in [1.82, 2.24) is 20.1 Å². The van der Waals surface area contributed by atoms with E-state index in [0.29, 0.717) is 17.7 Å². The third-order valence-electron chi connectivity index (χ3n) is 3.51. The van der Waals surface area contributed by atoms with Gasteiger partial charge in [0.15, 0.2) is 11.8 Å². The van der Waals surface area contributed by atoms with Crippen LogP contribution in [0.2, 0.25) is 0 Å². The molecule has 1 heterocycles. The number of hydrogen-bond donors (Lipinski definition) is 1. The molecule has 2 fully saturated rings. The molecule has 10 heteroatoms. The van der Waals surface area contributed by atoms with Crippen molar-refractivity contribution in [3.8, 4) is 0 Å². The van der Waals surface area contributed by atoms with E-state index < -0.39 is 18.9 Å². The molecule has 6 nitrogen and oxygen atoms in total. The van der Waals surface area contributed by atoms with Crippen LogP contribution in [0.1, 0.15) is 43.5 Å². The van der Waals surface area contributed by atoms with Gasteiger partial charge in [-0.05, 0) is 25.7 Å². The van der Waals surface area contributed by atoms with E-state index >= 15 is 0 Å². The zero-order chi connectivity index (χ0) is 16.4. The van der Waals surface area contributed by atoms with Crippen LogP contribution in [0, 0.1) is 0 Å². The van der Waals surface area contributed by atoms with E-state index in [1.807, 2.05) is 0 Å². The normalized spacial score (nSPS) is 18.0. The Morgan fingerprint density at radius 2 is 2.04 bits per heavy atom. The molecule has 0 unspecified atom stereocenters. The number of thioether (sulfide) groups is 1. The number of halogens is 3. The van der Waals surface area contributed by atoms with Crippen molar-refractivity contribution in [2.45, 2.75) is 49.0 Å². The number of nitrogens with zero attached hydrogens (tertiary/aromatic N) is 3. The van der Waals surface area contributed by atoms with E-state index in [9.17, 15) is 18.0 Å². The first-order valence-electron chi connectivity index (χ1n) is 7.49. The van der Waals surface area contributed by atoms with E-state index in [4.69, 9.17) is 0 Å². The van der Waals surface area contributed by atoms with Crippen LogP contribution in [0.15, 0.2) is 5.16 Å². The Morgan fingerprint density at radius 1 is 1.30 bits per heavy atom. The number of nitrogens with one attached hydrogen (secondary N) is 1. The van der Waals surface area contributed by atoms with E-state index in [1.165, 1.54) is 11.8 Å². The fourth-order valence-electron chi connectivity index (χ4n) is 2.18. The second-order valence-corrected chi connectivity index (χ2v) is 6.74. The van der Waals surface area contributed by atoms with Crippen LogP contribution in [0.5, 0.6) is 0 Å². The summed E-state index contributed by atoms with van der Waals surface area (Å²) in [6.45, 7) is -1.37. The molecule has 0 saturated heterocycles. The van der Waals surface area contributed by atoms with Crippen molar-refractivity contribution in [2.75, 3.05) is 18.9 Å². The van der Waals surface area contributed by atoms with Crippen LogP contribution in [-0.2, 0) is 4.74 Å². The Morgan fingerprint density at radius 3 is 2.65 bits per heavy atom. The van der Waals surface area contributed by atoms with Gasteiger partial charge in [0.1, 0.15) is 5.82 Å². The van der Waals surface area contributed by atoms with Gasteiger partial charge in [0, 0.05) is 24.3 Å². The summed E-state index contributed by atoms with van der Waals surface area (Å²) in [4.78, 5) is 11.1. The van der Waals surface area contributed by atoms with Gasteiger partial charge in [0.25, 0.3) is 0 Å². The van der Waals surface area contributed by atoms with Gasteiger partial charge in [-0.25, -0.2) is 4.79 Å². The molecule has 0 spiro atoms.